The van der Waals surface area contributed by atoms with Crippen LogP contribution < -0.4 is 9.03 Å². The summed E-state index contributed by atoms with van der Waals surface area (Å²) in [5.74, 6) is -1.73. The molecule has 1 aliphatic rings. The van der Waals surface area contributed by atoms with E-state index in [4.69, 9.17) is 0 Å². The average Bonchev–Trinajstić information content (AvgIpc) is 2.81. The topological polar surface area (TPSA) is 101 Å². The second-order valence-electron chi connectivity index (χ2n) is 6.42. The molecule has 0 aliphatic carbocycles. The maximum absolute atomic E-state index is 13.1. The Labute approximate surface area is 165 Å². The molecule has 0 spiro atoms. The van der Waals surface area contributed by atoms with E-state index in [0.29, 0.717) is 4.31 Å². The molecule has 156 valence electrons. The summed E-state index contributed by atoms with van der Waals surface area (Å²) in [6, 6.07) is 8.34. The summed E-state index contributed by atoms with van der Waals surface area (Å²) in [5, 5.41) is 0. The van der Waals surface area contributed by atoms with Gasteiger partial charge in [-0.15, -0.1) is 0 Å². The number of alkyl halides is 3. The molecule has 29 heavy (non-hydrogen) atoms. The number of carbonyl (C=O) groups is 1. The van der Waals surface area contributed by atoms with Gasteiger partial charge in [-0.2, -0.15) is 13.2 Å². The van der Waals surface area contributed by atoms with E-state index in [2.05, 4.69) is 0 Å². The summed E-state index contributed by atoms with van der Waals surface area (Å²) in [7, 11) is -8.26. The van der Waals surface area contributed by atoms with Gasteiger partial charge in [0.15, 0.2) is 0 Å². The zero-order chi connectivity index (χ0) is 21.6. The van der Waals surface area contributed by atoms with Gasteiger partial charge in [0.05, 0.1) is 33.5 Å². The van der Waals surface area contributed by atoms with E-state index >= 15 is 0 Å². The van der Waals surface area contributed by atoms with Crippen molar-refractivity contribution >= 4 is 37.3 Å². The lowest BCUT2D eigenvalue weighted by Gasteiger charge is -2.17. The van der Waals surface area contributed by atoms with Gasteiger partial charge in [-0.25, -0.2) is 21.1 Å². The number of nitrogens with zero attached hydrogens (tertiary/aromatic N) is 1. The number of para-hydroxylation sites is 1. The summed E-state index contributed by atoms with van der Waals surface area (Å²) < 4.78 is 90.8. The van der Waals surface area contributed by atoms with Crippen molar-refractivity contribution in [1.82, 2.24) is 0 Å². The number of amides is 1. The Morgan fingerprint density at radius 1 is 1.07 bits per heavy atom. The monoisotopic (exact) mass is 448 g/mol. The van der Waals surface area contributed by atoms with Crippen LogP contribution in [-0.2, 0) is 31.0 Å². The molecule has 1 unspecified atom stereocenters. The number of carbonyl (C=O) groups excluding carboxylic acids is 1. The molecule has 12 heteroatoms. The molecule has 2 aromatic rings. The number of rotatable bonds is 4. The predicted octanol–water partition coefficient (Wildman–Crippen LogP) is 2.82. The lowest BCUT2D eigenvalue weighted by atomic mass is 10.2. The zero-order valence-electron chi connectivity index (χ0n) is 14.8. The number of hydrogen-bond acceptors (Lipinski definition) is 5. The molecule has 0 radical (unpaired) electrons. The van der Waals surface area contributed by atoms with Crippen molar-refractivity contribution in [1.29, 1.82) is 0 Å². The summed E-state index contributed by atoms with van der Waals surface area (Å²) in [6.45, 7) is 1.46. The Hall–Kier alpha value is -2.60. The highest BCUT2D eigenvalue weighted by Crippen LogP contribution is 2.36. The molecule has 7 nitrogen and oxygen atoms in total. The molecular weight excluding hydrogens is 433 g/mol. The van der Waals surface area contributed by atoms with E-state index in [0.717, 1.165) is 42.5 Å². The van der Waals surface area contributed by atoms with E-state index in [9.17, 15) is 34.8 Å². The minimum absolute atomic E-state index is 0.0472. The van der Waals surface area contributed by atoms with E-state index in [1.54, 1.807) is 0 Å². The van der Waals surface area contributed by atoms with E-state index in [-0.39, 0.29) is 11.4 Å². The standard InChI is InChI=1S/C17H15F3N2O5S2/c1-11-10-28(24,25)22(16(11)23)12-6-8-13(9-7-12)29(26,27)21-15-5-3-2-4-14(15)17(18,19)20/h2-9,11,21H,10H2,1H3. The molecule has 1 N–H and O–H groups in total. The van der Waals surface area contributed by atoms with Gasteiger partial charge in [0.1, 0.15) is 0 Å². The van der Waals surface area contributed by atoms with E-state index < -0.39 is 54.2 Å². The van der Waals surface area contributed by atoms with E-state index in [1.165, 1.54) is 13.0 Å². The highest BCUT2D eigenvalue weighted by molar-refractivity contribution is 7.94. The maximum atomic E-state index is 13.1. The molecule has 1 saturated heterocycles. The smallest absolute Gasteiger partial charge is 0.279 e. The molecule has 1 fully saturated rings. The number of nitrogens with one attached hydrogen (secondary N) is 1. The van der Waals surface area contributed by atoms with Crippen molar-refractivity contribution in [3.8, 4) is 0 Å². The molecule has 1 atom stereocenters. The average molecular weight is 448 g/mol. The second kappa shape index (κ2) is 7.02. The van der Waals surface area contributed by atoms with Crippen molar-refractivity contribution in [2.45, 2.75) is 18.0 Å². The number of anilines is 2. The lowest BCUT2D eigenvalue weighted by molar-refractivity contribution is -0.136. The molecule has 0 aromatic heterocycles. The summed E-state index contributed by atoms with van der Waals surface area (Å²) in [6.07, 6.45) is -4.76. The van der Waals surface area contributed by atoms with Gasteiger partial charge in [-0.1, -0.05) is 19.1 Å². The minimum Gasteiger partial charge on any atom is -0.279 e. The van der Waals surface area contributed by atoms with Crippen LogP contribution in [0, 0.1) is 5.92 Å². The van der Waals surface area contributed by atoms with Crippen LogP contribution in [0.2, 0.25) is 0 Å². The van der Waals surface area contributed by atoms with Gasteiger partial charge in [0.25, 0.3) is 10.0 Å². The molecule has 2 aromatic carbocycles. The van der Waals surface area contributed by atoms with Crippen LogP contribution in [0.4, 0.5) is 24.5 Å². The third kappa shape index (κ3) is 4.08. The maximum Gasteiger partial charge on any atom is 0.418 e. The molecule has 1 amide bonds. The van der Waals surface area contributed by atoms with Crippen molar-refractivity contribution in [3.63, 3.8) is 0 Å². The summed E-state index contributed by atoms with van der Waals surface area (Å²) >= 11 is 0. The van der Waals surface area contributed by atoms with E-state index in [1.807, 2.05) is 4.72 Å². The van der Waals surface area contributed by atoms with Gasteiger partial charge in [-0.05, 0) is 36.4 Å². The van der Waals surface area contributed by atoms with Crippen molar-refractivity contribution in [3.05, 3.63) is 54.1 Å². The van der Waals surface area contributed by atoms with Gasteiger partial charge in [0, 0.05) is 0 Å². The van der Waals surface area contributed by atoms with Crippen LogP contribution >= 0.6 is 0 Å². The Kier molecular flexibility index (Phi) is 5.11. The van der Waals surface area contributed by atoms with Gasteiger partial charge >= 0.3 is 6.18 Å². The van der Waals surface area contributed by atoms with Crippen LogP contribution in [-0.4, -0.2) is 28.5 Å². The Morgan fingerprint density at radius 3 is 2.17 bits per heavy atom. The number of sulfonamides is 2. The van der Waals surface area contributed by atoms with Gasteiger partial charge in [0.2, 0.25) is 15.9 Å². The first-order valence-corrected chi connectivity index (χ1v) is 11.3. The van der Waals surface area contributed by atoms with Crippen molar-refractivity contribution in [2.75, 3.05) is 14.8 Å². The fourth-order valence-electron chi connectivity index (χ4n) is 2.87. The fraction of sp³-hybridized carbons (Fsp3) is 0.235. The fourth-order valence-corrected chi connectivity index (χ4v) is 5.77. The summed E-state index contributed by atoms with van der Waals surface area (Å²) in [4.78, 5) is 11.7. The molecule has 1 aliphatic heterocycles. The molecule has 0 bridgehead atoms. The van der Waals surface area contributed by atoms with Crippen LogP contribution in [0.1, 0.15) is 12.5 Å². The first kappa shape index (κ1) is 21.1. The molecular formula is C17H15F3N2O5S2. The zero-order valence-corrected chi connectivity index (χ0v) is 16.5. The number of halogens is 3. The number of hydrogen-bond donors (Lipinski definition) is 1. The molecule has 1 heterocycles. The SMILES string of the molecule is CC1CS(=O)(=O)N(c2ccc(S(=O)(=O)Nc3ccccc3C(F)(F)F)cc2)C1=O. The number of benzene rings is 2. The van der Waals surface area contributed by atoms with Crippen LogP contribution in [0.15, 0.2) is 53.4 Å². The van der Waals surface area contributed by atoms with Crippen LogP contribution in [0.5, 0.6) is 0 Å². The Balaban J connectivity index is 1.92. The van der Waals surface area contributed by atoms with Crippen LogP contribution in [0.3, 0.4) is 0 Å². The Morgan fingerprint density at radius 2 is 1.66 bits per heavy atom. The lowest BCUT2D eigenvalue weighted by Crippen LogP contribution is -2.30. The molecule has 3 rings (SSSR count). The normalized spacial score (nSPS) is 19.4. The van der Waals surface area contributed by atoms with Gasteiger partial charge < -0.3 is 0 Å². The summed E-state index contributed by atoms with van der Waals surface area (Å²) in [5.41, 5.74) is -1.84. The first-order chi connectivity index (χ1) is 13.3. The minimum atomic E-state index is -4.76. The first-order valence-electron chi connectivity index (χ1n) is 8.19. The quantitative estimate of drug-likeness (QED) is 0.775. The predicted molar refractivity (Wildman–Crippen MR) is 99.1 cm³/mol. The second-order valence-corrected chi connectivity index (χ2v) is 9.97. The molecule has 0 saturated carbocycles. The van der Waals surface area contributed by atoms with Crippen molar-refractivity contribution < 1.29 is 34.8 Å². The highest BCUT2D eigenvalue weighted by Gasteiger charge is 2.42. The van der Waals surface area contributed by atoms with Crippen LogP contribution in [0.25, 0.3) is 0 Å². The van der Waals surface area contributed by atoms with Gasteiger partial charge in [-0.3, -0.25) is 9.52 Å². The third-order valence-corrected chi connectivity index (χ3v) is 7.47. The van der Waals surface area contributed by atoms with Crippen molar-refractivity contribution in [2.24, 2.45) is 5.92 Å². The highest BCUT2D eigenvalue weighted by atomic mass is 32.2. The third-order valence-electron chi connectivity index (χ3n) is 4.22. The largest absolute Gasteiger partial charge is 0.418 e. The Bertz CT molecular complexity index is 1160.